The molecule has 0 spiro atoms. The van der Waals surface area contributed by atoms with E-state index in [-0.39, 0.29) is 11.6 Å². The van der Waals surface area contributed by atoms with Crippen LogP contribution in [0.15, 0.2) is 54.7 Å². The topological polar surface area (TPSA) is 61.3 Å². The van der Waals surface area contributed by atoms with Gasteiger partial charge in [-0.2, -0.15) is 19.0 Å². The van der Waals surface area contributed by atoms with E-state index in [1.54, 1.807) is 18.3 Å². The van der Waals surface area contributed by atoms with Crippen molar-refractivity contribution >= 4 is 22.2 Å². The molecular formula is C24H26F2N4O. The number of anilines is 1. The Morgan fingerprint density at radius 2 is 2.06 bits per heavy atom. The van der Waals surface area contributed by atoms with Gasteiger partial charge in [0.25, 0.3) is 5.92 Å². The molecule has 2 heterocycles. The summed E-state index contributed by atoms with van der Waals surface area (Å²) in [5.41, 5.74) is 4.55. The van der Waals surface area contributed by atoms with Crippen LogP contribution in [0.25, 0.3) is 16.5 Å². The predicted octanol–water partition coefficient (Wildman–Crippen LogP) is 4.61. The van der Waals surface area contributed by atoms with Crippen LogP contribution in [0.3, 0.4) is 0 Å². The SMILES string of the molecule is C[C@@H](Nc1cnnc2ccc(C3=CCN(C)CC3)cc12)c1cccc(C(F)(F)CO)c1. The molecule has 0 saturated carbocycles. The van der Waals surface area contributed by atoms with Crippen molar-refractivity contribution < 1.29 is 13.9 Å². The van der Waals surface area contributed by atoms with Gasteiger partial charge in [0.15, 0.2) is 0 Å². The predicted molar refractivity (Wildman–Crippen MR) is 119 cm³/mol. The third-order valence-corrected chi connectivity index (χ3v) is 5.80. The van der Waals surface area contributed by atoms with E-state index in [0.717, 1.165) is 41.7 Å². The second-order valence-corrected chi connectivity index (χ2v) is 8.09. The zero-order chi connectivity index (χ0) is 22.0. The summed E-state index contributed by atoms with van der Waals surface area (Å²) in [7, 11) is 2.11. The first kappa shape index (κ1) is 21.3. The molecule has 0 fully saturated rings. The van der Waals surface area contributed by atoms with Crippen LogP contribution in [0, 0.1) is 0 Å². The average Bonchev–Trinajstić information content (AvgIpc) is 2.79. The van der Waals surface area contributed by atoms with E-state index in [9.17, 15) is 8.78 Å². The maximum absolute atomic E-state index is 13.9. The van der Waals surface area contributed by atoms with Gasteiger partial charge in [0, 0.05) is 30.1 Å². The zero-order valence-corrected chi connectivity index (χ0v) is 17.6. The quantitative estimate of drug-likeness (QED) is 0.605. The third-order valence-electron chi connectivity index (χ3n) is 5.80. The summed E-state index contributed by atoms with van der Waals surface area (Å²) >= 11 is 0. The van der Waals surface area contributed by atoms with Crippen LogP contribution in [0.2, 0.25) is 0 Å². The number of aliphatic hydroxyl groups excluding tert-OH is 1. The number of benzene rings is 2. The highest BCUT2D eigenvalue weighted by atomic mass is 19.3. The molecular weight excluding hydrogens is 398 g/mol. The number of fused-ring (bicyclic) bond motifs is 1. The van der Waals surface area contributed by atoms with Crippen LogP contribution in [-0.4, -0.2) is 46.9 Å². The average molecular weight is 424 g/mol. The highest BCUT2D eigenvalue weighted by Gasteiger charge is 2.30. The number of rotatable bonds is 6. The minimum Gasteiger partial charge on any atom is -0.390 e. The Bertz CT molecular complexity index is 1120. The lowest BCUT2D eigenvalue weighted by Crippen LogP contribution is -2.23. The maximum Gasteiger partial charge on any atom is 0.295 e. The molecule has 0 aliphatic carbocycles. The van der Waals surface area contributed by atoms with Gasteiger partial charge in [0.05, 0.1) is 17.4 Å². The second-order valence-electron chi connectivity index (χ2n) is 8.09. The summed E-state index contributed by atoms with van der Waals surface area (Å²) in [5, 5.41) is 21.7. The smallest absolute Gasteiger partial charge is 0.295 e. The van der Waals surface area contributed by atoms with Gasteiger partial charge in [0.2, 0.25) is 0 Å². The number of hydrogen-bond donors (Lipinski definition) is 2. The number of aromatic nitrogens is 2. The summed E-state index contributed by atoms with van der Waals surface area (Å²) < 4.78 is 27.8. The number of nitrogens with one attached hydrogen (secondary N) is 1. The Morgan fingerprint density at radius 3 is 2.81 bits per heavy atom. The van der Waals surface area contributed by atoms with Crippen LogP contribution in [0.1, 0.15) is 36.1 Å². The lowest BCUT2D eigenvalue weighted by molar-refractivity contribution is -0.0556. The molecule has 1 aliphatic heterocycles. The molecule has 1 atom stereocenters. The van der Waals surface area contributed by atoms with E-state index in [4.69, 9.17) is 5.11 Å². The van der Waals surface area contributed by atoms with Crippen LogP contribution in [0.4, 0.5) is 14.5 Å². The first-order valence-electron chi connectivity index (χ1n) is 10.4. The molecule has 1 aromatic heterocycles. The van der Waals surface area contributed by atoms with Crippen LogP contribution in [-0.2, 0) is 5.92 Å². The minimum atomic E-state index is -3.27. The van der Waals surface area contributed by atoms with Crippen molar-refractivity contribution in [2.24, 2.45) is 0 Å². The first-order valence-corrected chi connectivity index (χ1v) is 10.4. The van der Waals surface area contributed by atoms with Crippen LogP contribution >= 0.6 is 0 Å². The largest absolute Gasteiger partial charge is 0.390 e. The Balaban J connectivity index is 1.64. The summed E-state index contributed by atoms with van der Waals surface area (Å²) in [4.78, 5) is 2.28. The van der Waals surface area contributed by atoms with Gasteiger partial charge in [-0.1, -0.05) is 30.3 Å². The number of alkyl halides is 2. The monoisotopic (exact) mass is 424 g/mol. The standard InChI is InChI=1S/C24H26F2N4O/c1-16(18-4-3-5-20(12-18)24(25,26)15-31)28-23-14-27-29-22-7-6-19(13-21(22)23)17-8-10-30(2)11-9-17/h3-8,12-14,16,31H,9-11,15H2,1-2H3,(H,28,29)/t16-/m1/s1. The van der Waals surface area contributed by atoms with Crippen molar-refractivity contribution in [2.75, 3.05) is 32.1 Å². The van der Waals surface area contributed by atoms with Gasteiger partial charge >= 0.3 is 0 Å². The molecule has 2 N–H and O–H groups in total. The van der Waals surface area contributed by atoms with Crippen molar-refractivity contribution in [3.8, 4) is 0 Å². The maximum atomic E-state index is 13.9. The van der Waals surface area contributed by atoms with Crippen molar-refractivity contribution in [1.82, 2.24) is 15.1 Å². The molecule has 162 valence electrons. The fourth-order valence-electron chi connectivity index (χ4n) is 3.85. The number of hydrogen-bond acceptors (Lipinski definition) is 5. The molecule has 0 bridgehead atoms. The molecule has 5 nitrogen and oxygen atoms in total. The first-order chi connectivity index (χ1) is 14.9. The van der Waals surface area contributed by atoms with Gasteiger partial charge < -0.3 is 15.3 Å². The number of nitrogens with zero attached hydrogens (tertiary/aromatic N) is 3. The van der Waals surface area contributed by atoms with E-state index in [2.05, 4.69) is 45.7 Å². The Morgan fingerprint density at radius 1 is 1.23 bits per heavy atom. The Hall–Kier alpha value is -2.90. The summed E-state index contributed by atoms with van der Waals surface area (Å²) in [6.45, 7) is 2.64. The Kier molecular flexibility index (Phi) is 5.98. The molecule has 0 saturated heterocycles. The molecule has 31 heavy (non-hydrogen) atoms. The van der Waals surface area contributed by atoms with Gasteiger partial charge in [0.1, 0.15) is 6.61 Å². The molecule has 2 aromatic carbocycles. The highest BCUT2D eigenvalue weighted by Crippen LogP contribution is 2.32. The van der Waals surface area contributed by atoms with E-state index in [1.165, 1.54) is 17.7 Å². The normalized spacial score (nSPS) is 16.2. The van der Waals surface area contributed by atoms with Crippen molar-refractivity contribution in [3.05, 3.63) is 71.4 Å². The molecule has 0 amide bonds. The highest BCUT2D eigenvalue weighted by molar-refractivity contribution is 5.93. The lowest BCUT2D eigenvalue weighted by Gasteiger charge is -2.22. The van der Waals surface area contributed by atoms with Crippen molar-refractivity contribution in [1.29, 1.82) is 0 Å². The van der Waals surface area contributed by atoms with Gasteiger partial charge in [-0.3, -0.25) is 0 Å². The molecule has 0 unspecified atom stereocenters. The fourth-order valence-corrected chi connectivity index (χ4v) is 3.85. The molecule has 4 rings (SSSR count). The molecule has 1 aliphatic rings. The molecule has 3 aromatic rings. The second kappa shape index (κ2) is 8.69. The zero-order valence-electron chi connectivity index (χ0n) is 17.6. The van der Waals surface area contributed by atoms with E-state index < -0.39 is 12.5 Å². The van der Waals surface area contributed by atoms with Crippen molar-refractivity contribution in [2.45, 2.75) is 25.3 Å². The summed E-state index contributed by atoms with van der Waals surface area (Å²) in [5.74, 6) is -3.27. The fraction of sp³-hybridized carbons (Fsp3) is 0.333. The van der Waals surface area contributed by atoms with E-state index >= 15 is 0 Å². The van der Waals surface area contributed by atoms with E-state index in [0.29, 0.717) is 5.56 Å². The van der Waals surface area contributed by atoms with Crippen molar-refractivity contribution in [3.63, 3.8) is 0 Å². The number of halogens is 2. The van der Waals surface area contributed by atoms with Gasteiger partial charge in [-0.25, -0.2) is 0 Å². The van der Waals surface area contributed by atoms with Gasteiger partial charge in [-0.05, 0) is 55.3 Å². The lowest BCUT2D eigenvalue weighted by atomic mass is 9.97. The third kappa shape index (κ3) is 4.57. The molecule has 7 heteroatoms. The van der Waals surface area contributed by atoms with E-state index in [1.807, 2.05) is 13.0 Å². The summed E-state index contributed by atoms with van der Waals surface area (Å²) in [6.07, 6.45) is 4.91. The van der Waals surface area contributed by atoms with Gasteiger partial charge in [-0.15, -0.1) is 0 Å². The number of aliphatic hydroxyl groups is 1. The number of likely N-dealkylation sites (N-methyl/N-ethyl adjacent to an activating group) is 1. The molecule has 0 radical (unpaired) electrons. The summed E-state index contributed by atoms with van der Waals surface area (Å²) in [6, 6.07) is 12.0. The van der Waals surface area contributed by atoms with Crippen LogP contribution < -0.4 is 5.32 Å². The minimum absolute atomic E-state index is 0.199. The Labute approximate surface area is 180 Å². The van der Waals surface area contributed by atoms with Crippen LogP contribution in [0.5, 0.6) is 0 Å².